The zero-order valence-electron chi connectivity index (χ0n) is 6.03. The summed E-state index contributed by atoms with van der Waals surface area (Å²) in [6.07, 6.45) is 0. The Kier molecular flexibility index (Phi) is 5.95. The van der Waals surface area contributed by atoms with Crippen molar-refractivity contribution in [2.24, 2.45) is 5.41 Å². The molecule has 0 amide bonds. The third kappa shape index (κ3) is 3.42. The molecular formula is C5H13O5P. The van der Waals surface area contributed by atoms with Crippen LogP contribution in [-0.2, 0) is 4.52 Å². The summed E-state index contributed by atoms with van der Waals surface area (Å²) in [5.74, 6) is 0. The Hall–Kier alpha value is 0.230. The largest absolute Gasteiger partial charge is 0.396 e. The van der Waals surface area contributed by atoms with Crippen LogP contribution in [0, 0.1) is 5.41 Å². The molecular weight excluding hydrogens is 171 g/mol. The van der Waals surface area contributed by atoms with E-state index in [4.69, 9.17) is 20.2 Å². The Morgan fingerprint density at radius 3 is 1.82 bits per heavy atom. The maximum atomic E-state index is 8.72. The van der Waals surface area contributed by atoms with Gasteiger partial charge in [0.05, 0.1) is 31.8 Å². The van der Waals surface area contributed by atoms with Crippen LogP contribution in [0.5, 0.6) is 0 Å². The number of aliphatic hydroxyl groups is 3. The van der Waals surface area contributed by atoms with E-state index in [-0.39, 0.29) is 26.4 Å². The van der Waals surface area contributed by atoms with E-state index in [1.165, 1.54) is 0 Å². The first-order chi connectivity index (χ1) is 5.24. The Labute approximate surface area is 66.6 Å². The highest BCUT2D eigenvalue weighted by atomic mass is 31.1. The standard InChI is InChI=1S/C5H13O5P/c6-1-5(2-7,3-8)4-10-11-9/h6-9,11H,1-4H2. The molecule has 0 aromatic heterocycles. The van der Waals surface area contributed by atoms with Crippen LogP contribution in [0.25, 0.3) is 0 Å². The molecule has 0 aromatic carbocycles. The Balaban J connectivity index is 3.84. The van der Waals surface area contributed by atoms with Crippen LogP contribution < -0.4 is 0 Å². The van der Waals surface area contributed by atoms with Gasteiger partial charge in [0.1, 0.15) is 0 Å². The van der Waals surface area contributed by atoms with Crippen LogP contribution >= 0.6 is 9.03 Å². The maximum Gasteiger partial charge on any atom is 0.152 e. The molecule has 4 N–H and O–H groups in total. The van der Waals surface area contributed by atoms with E-state index in [1.54, 1.807) is 0 Å². The highest BCUT2D eigenvalue weighted by Gasteiger charge is 2.28. The third-order valence-electron chi connectivity index (χ3n) is 1.45. The summed E-state index contributed by atoms with van der Waals surface area (Å²) in [5, 5.41) is 26.2. The fraction of sp³-hybridized carbons (Fsp3) is 1.00. The van der Waals surface area contributed by atoms with Gasteiger partial charge in [0.2, 0.25) is 0 Å². The lowest BCUT2D eigenvalue weighted by molar-refractivity contribution is -0.0241. The van der Waals surface area contributed by atoms with E-state index in [9.17, 15) is 0 Å². The zero-order chi connectivity index (χ0) is 8.74. The van der Waals surface area contributed by atoms with Crippen LogP contribution in [0.3, 0.4) is 0 Å². The van der Waals surface area contributed by atoms with Crippen molar-refractivity contribution in [2.45, 2.75) is 0 Å². The zero-order valence-corrected chi connectivity index (χ0v) is 7.03. The highest BCUT2D eigenvalue weighted by molar-refractivity contribution is 7.24. The molecule has 0 saturated heterocycles. The van der Waals surface area contributed by atoms with Crippen LogP contribution in [0.4, 0.5) is 0 Å². The molecule has 0 aliphatic heterocycles. The van der Waals surface area contributed by atoms with Crippen molar-refractivity contribution in [1.82, 2.24) is 0 Å². The smallest absolute Gasteiger partial charge is 0.152 e. The second-order valence-corrected chi connectivity index (χ2v) is 2.83. The molecule has 1 atom stereocenters. The van der Waals surface area contributed by atoms with Gasteiger partial charge in [-0.05, 0) is 0 Å². The number of rotatable bonds is 6. The summed E-state index contributed by atoms with van der Waals surface area (Å²) in [7, 11) is -0.693. The van der Waals surface area contributed by atoms with Gasteiger partial charge in [-0.25, -0.2) is 0 Å². The molecule has 5 nitrogen and oxygen atoms in total. The van der Waals surface area contributed by atoms with Crippen LogP contribution in [0.15, 0.2) is 0 Å². The van der Waals surface area contributed by atoms with Gasteiger partial charge in [-0.3, -0.25) is 0 Å². The summed E-state index contributed by atoms with van der Waals surface area (Å²) in [5.41, 5.74) is -1.03. The van der Waals surface area contributed by atoms with Gasteiger partial charge in [-0.2, -0.15) is 0 Å². The summed E-state index contributed by atoms with van der Waals surface area (Å²) in [6.45, 7) is -1.16. The topological polar surface area (TPSA) is 90.2 Å². The molecule has 0 radical (unpaired) electrons. The van der Waals surface area contributed by atoms with E-state index in [0.717, 1.165) is 0 Å². The molecule has 0 bridgehead atoms. The molecule has 1 unspecified atom stereocenters. The monoisotopic (exact) mass is 184 g/mol. The minimum Gasteiger partial charge on any atom is -0.396 e. The van der Waals surface area contributed by atoms with Crippen molar-refractivity contribution < 1.29 is 24.7 Å². The van der Waals surface area contributed by atoms with Crippen molar-refractivity contribution in [3.63, 3.8) is 0 Å². The van der Waals surface area contributed by atoms with Crippen molar-refractivity contribution in [2.75, 3.05) is 26.4 Å². The van der Waals surface area contributed by atoms with Crippen molar-refractivity contribution in [3.05, 3.63) is 0 Å². The lowest BCUT2D eigenvalue weighted by Gasteiger charge is -2.25. The van der Waals surface area contributed by atoms with E-state index < -0.39 is 14.4 Å². The van der Waals surface area contributed by atoms with E-state index >= 15 is 0 Å². The molecule has 0 rings (SSSR count). The molecule has 0 aliphatic carbocycles. The Bertz CT molecular complexity index is 86.6. The third-order valence-corrected chi connectivity index (χ3v) is 1.72. The number of hydrogen-bond donors (Lipinski definition) is 4. The first-order valence-corrected chi connectivity index (χ1v) is 3.93. The van der Waals surface area contributed by atoms with E-state index in [0.29, 0.717) is 0 Å². The number of aliphatic hydroxyl groups excluding tert-OH is 3. The van der Waals surface area contributed by atoms with Gasteiger partial charge >= 0.3 is 0 Å². The van der Waals surface area contributed by atoms with Gasteiger partial charge in [-0.1, -0.05) is 0 Å². The molecule has 0 aliphatic rings. The van der Waals surface area contributed by atoms with Gasteiger partial charge < -0.3 is 24.7 Å². The fourth-order valence-corrected chi connectivity index (χ4v) is 0.843. The normalized spacial score (nSPS) is 13.1. The van der Waals surface area contributed by atoms with Crippen molar-refractivity contribution in [1.29, 1.82) is 0 Å². The number of hydrogen-bond acceptors (Lipinski definition) is 5. The average molecular weight is 184 g/mol. The molecule has 0 saturated carbocycles. The van der Waals surface area contributed by atoms with Crippen LogP contribution in [0.2, 0.25) is 0 Å². The second-order valence-electron chi connectivity index (χ2n) is 2.35. The average Bonchev–Trinajstić information content (AvgIpc) is 2.08. The van der Waals surface area contributed by atoms with Gasteiger partial charge in [0.15, 0.2) is 9.03 Å². The maximum absolute atomic E-state index is 8.72. The fourth-order valence-electron chi connectivity index (χ4n) is 0.472. The quantitative estimate of drug-likeness (QED) is 0.376. The van der Waals surface area contributed by atoms with Crippen LogP contribution in [0.1, 0.15) is 0 Å². The minimum absolute atomic E-state index is 0.0502. The summed E-state index contributed by atoms with van der Waals surface area (Å²) >= 11 is 0. The van der Waals surface area contributed by atoms with E-state index in [1.807, 2.05) is 0 Å². The van der Waals surface area contributed by atoms with E-state index in [2.05, 4.69) is 4.52 Å². The van der Waals surface area contributed by atoms with Gasteiger partial charge in [0.25, 0.3) is 0 Å². The van der Waals surface area contributed by atoms with Gasteiger partial charge in [-0.15, -0.1) is 0 Å². The molecule has 0 aromatic rings. The Morgan fingerprint density at radius 1 is 1.09 bits per heavy atom. The summed E-state index contributed by atoms with van der Waals surface area (Å²) in [6, 6.07) is 0. The van der Waals surface area contributed by atoms with Crippen LogP contribution in [-0.4, -0.2) is 46.6 Å². The molecule has 68 valence electrons. The molecule has 6 heteroatoms. The second kappa shape index (κ2) is 5.83. The lowest BCUT2D eigenvalue weighted by atomic mass is 9.93. The predicted molar refractivity (Wildman–Crippen MR) is 40.2 cm³/mol. The molecule has 0 spiro atoms. The van der Waals surface area contributed by atoms with Gasteiger partial charge in [0, 0.05) is 0 Å². The molecule has 11 heavy (non-hydrogen) atoms. The molecule has 0 heterocycles. The first-order valence-electron chi connectivity index (χ1n) is 3.08. The lowest BCUT2D eigenvalue weighted by Crippen LogP contribution is -2.37. The molecule has 0 fully saturated rings. The first kappa shape index (κ1) is 11.2. The Morgan fingerprint density at radius 2 is 1.55 bits per heavy atom. The summed E-state index contributed by atoms with van der Waals surface area (Å²) in [4.78, 5) is 8.28. The van der Waals surface area contributed by atoms with Crippen molar-refractivity contribution >= 4 is 9.03 Å². The summed E-state index contributed by atoms with van der Waals surface area (Å²) < 4.78 is 4.58. The van der Waals surface area contributed by atoms with Crippen molar-refractivity contribution in [3.8, 4) is 0 Å². The minimum atomic E-state index is -1.03. The predicted octanol–water partition coefficient (Wildman–Crippen LogP) is -1.53. The highest BCUT2D eigenvalue weighted by Crippen LogP contribution is 2.18. The SMILES string of the molecule is OCC(CO)(CO)COPO.